The predicted octanol–water partition coefficient (Wildman–Crippen LogP) is 4.58. The lowest BCUT2D eigenvalue weighted by Gasteiger charge is -2.45. The molecule has 3 atom stereocenters. The van der Waals surface area contributed by atoms with Crippen molar-refractivity contribution in [1.82, 2.24) is 0 Å². The van der Waals surface area contributed by atoms with Crippen LogP contribution >= 0.6 is 0 Å². The van der Waals surface area contributed by atoms with Crippen LogP contribution in [0.3, 0.4) is 0 Å². The molecule has 1 fully saturated rings. The quantitative estimate of drug-likeness (QED) is 0.825. The van der Waals surface area contributed by atoms with Gasteiger partial charge in [0.15, 0.2) is 0 Å². The molecule has 0 saturated heterocycles. The number of aliphatic hydroxyl groups is 1. The van der Waals surface area contributed by atoms with Gasteiger partial charge in [0.1, 0.15) is 0 Å². The van der Waals surface area contributed by atoms with Crippen molar-refractivity contribution in [2.45, 2.75) is 59.5 Å². The van der Waals surface area contributed by atoms with Crippen molar-refractivity contribution in [1.29, 1.82) is 0 Å². The van der Waals surface area contributed by atoms with Gasteiger partial charge >= 0.3 is 0 Å². The van der Waals surface area contributed by atoms with E-state index in [1.54, 1.807) is 0 Å². The fourth-order valence-electron chi connectivity index (χ4n) is 3.98. The Hall–Kier alpha value is -0.820. The number of rotatable bonds is 2. The van der Waals surface area contributed by atoms with Crippen LogP contribution in [0, 0.1) is 31.6 Å². The van der Waals surface area contributed by atoms with Crippen LogP contribution in [0.2, 0.25) is 0 Å². The van der Waals surface area contributed by atoms with E-state index >= 15 is 0 Å². The van der Waals surface area contributed by atoms with Gasteiger partial charge in [-0.3, -0.25) is 0 Å². The van der Waals surface area contributed by atoms with E-state index in [1.165, 1.54) is 17.5 Å². The monoisotopic (exact) mass is 260 g/mol. The third kappa shape index (κ3) is 2.72. The summed E-state index contributed by atoms with van der Waals surface area (Å²) in [5.41, 5.74) is 3.03. The highest BCUT2D eigenvalue weighted by Crippen LogP contribution is 2.48. The molecule has 3 unspecified atom stereocenters. The third-order valence-electron chi connectivity index (χ3n) is 4.90. The number of hydrogen-bond donors (Lipinski definition) is 1. The molecular weight excluding hydrogens is 232 g/mol. The van der Waals surface area contributed by atoms with Crippen molar-refractivity contribution >= 4 is 0 Å². The first kappa shape index (κ1) is 14.6. The van der Waals surface area contributed by atoms with Gasteiger partial charge in [0, 0.05) is 0 Å². The highest BCUT2D eigenvalue weighted by molar-refractivity contribution is 5.36. The summed E-state index contributed by atoms with van der Waals surface area (Å²) in [5.74, 6) is 1.52. The van der Waals surface area contributed by atoms with E-state index in [0.717, 1.165) is 18.4 Å². The fraction of sp³-hybridized carbons (Fsp3) is 0.667. The molecule has 1 aliphatic rings. The average Bonchev–Trinajstić information content (AvgIpc) is 2.27. The summed E-state index contributed by atoms with van der Waals surface area (Å²) in [6, 6.07) is 6.49. The van der Waals surface area contributed by atoms with E-state index < -0.39 is 5.60 Å². The van der Waals surface area contributed by atoms with Gasteiger partial charge in [-0.1, -0.05) is 51.0 Å². The minimum Gasteiger partial charge on any atom is -0.385 e. The van der Waals surface area contributed by atoms with E-state index in [1.807, 2.05) is 0 Å². The Morgan fingerprint density at radius 1 is 1.21 bits per heavy atom. The van der Waals surface area contributed by atoms with E-state index in [2.05, 4.69) is 52.8 Å². The normalized spacial score (nSPS) is 31.7. The van der Waals surface area contributed by atoms with Crippen LogP contribution < -0.4 is 0 Å². The second kappa shape index (κ2) is 5.28. The Morgan fingerprint density at radius 2 is 1.89 bits per heavy atom. The molecule has 1 aromatic rings. The van der Waals surface area contributed by atoms with Crippen molar-refractivity contribution in [2.24, 2.45) is 17.8 Å². The Bertz CT molecular complexity index is 449. The highest BCUT2D eigenvalue weighted by atomic mass is 16.3. The van der Waals surface area contributed by atoms with Crippen molar-refractivity contribution in [3.05, 3.63) is 34.9 Å². The first-order valence-electron chi connectivity index (χ1n) is 7.64. The maximum Gasteiger partial charge on any atom is 0.0932 e. The smallest absolute Gasteiger partial charge is 0.0932 e. The van der Waals surface area contributed by atoms with Crippen LogP contribution in [-0.4, -0.2) is 5.11 Å². The second-order valence-electron chi connectivity index (χ2n) is 6.98. The lowest BCUT2D eigenvalue weighted by Crippen LogP contribution is -2.43. The van der Waals surface area contributed by atoms with Crippen molar-refractivity contribution in [3.63, 3.8) is 0 Å². The molecule has 0 aliphatic heterocycles. The Balaban J connectivity index is 2.46. The Labute approximate surface area is 118 Å². The molecule has 1 aromatic carbocycles. The fourth-order valence-corrected chi connectivity index (χ4v) is 3.98. The molecule has 1 N–H and O–H groups in total. The van der Waals surface area contributed by atoms with Gasteiger partial charge in [0.25, 0.3) is 0 Å². The summed E-state index contributed by atoms with van der Waals surface area (Å²) in [5, 5.41) is 11.4. The first-order valence-corrected chi connectivity index (χ1v) is 7.64. The van der Waals surface area contributed by atoms with Gasteiger partial charge in [0.05, 0.1) is 5.60 Å². The zero-order valence-electron chi connectivity index (χ0n) is 13.0. The molecule has 0 radical (unpaired) electrons. The Kier molecular flexibility index (Phi) is 4.06. The molecule has 1 saturated carbocycles. The minimum absolute atomic E-state index is 0.380. The zero-order valence-corrected chi connectivity index (χ0v) is 13.0. The lowest BCUT2D eigenvalue weighted by molar-refractivity contribution is -0.0869. The van der Waals surface area contributed by atoms with E-state index in [0.29, 0.717) is 17.8 Å². The summed E-state index contributed by atoms with van der Waals surface area (Å²) < 4.78 is 0. The molecular formula is C18H28O. The molecule has 2 rings (SSSR count). The predicted molar refractivity (Wildman–Crippen MR) is 81.2 cm³/mol. The van der Waals surface area contributed by atoms with Gasteiger partial charge < -0.3 is 5.11 Å². The summed E-state index contributed by atoms with van der Waals surface area (Å²) in [7, 11) is 0. The summed E-state index contributed by atoms with van der Waals surface area (Å²) >= 11 is 0. The zero-order chi connectivity index (χ0) is 14.2. The largest absolute Gasteiger partial charge is 0.385 e. The SMILES string of the molecule is Cc1ccc(C2(O)CC(C)CCC2C(C)C)c(C)c1. The molecule has 1 nitrogen and oxygen atoms in total. The van der Waals surface area contributed by atoms with Crippen LogP contribution in [0.25, 0.3) is 0 Å². The summed E-state index contributed by atoms with van der Waals surface area (Å²) in [6.07, 6.45) is 3.29. The van der Waals surface area contributed by atoms with Crippen LogP contribution in [0.5, 0.6) is 0 Å². The van der Waals surface area contributed by atoms with Crippen molar-refractivity contribution < 1.29 is 5.11 Å². The molecule has 106 valence electrons. The molecule has 0 spiro atoms. The van der Waals surface area contributed by atoms with Gasteiger partial charge in [-0.05, 0) is 55.6 Å². The van der Waals surface area contributed by atoms with Crippen LogP contribution in [0.15, 0.2) is 18.2 Å². The minimum atomic E-state index is -0.635. The topological polar surface area (TPSA) is 20.2 Å². The third-order valence-corrected chi connectivity index (χ3v) is 4.90. The first-order chi connectivity index (χ1) is 8.84. The van der Waals surface area contributed by atoms with Gasteiger partial charge in [-0.2, -0.15) is 0 Å². The molecule has 0 aromatic heterocycles. The Morgan fingerprint density at radius 3 is 2.47 bits per heavy atom. The average molecular weight is 260 g/mol. The van der Waals surface area contributed by atoms with Crippen LogP contribution in [-0.2, 0) is 5.60 Å². The number of aryl methyl sites for hydroxylation is 2. The second-order valence-corrected chi connectivity index (χ2v) is 6.98. The molecule has 1 heteroatoms. The molecule has 19 heavy (non-hydrogen) atoms. The van der Waals surface area contributed by atoms with Gasteiger partial charge in [0.2, 0.25) is 0 Å². The highest BCUT2D eigenvalue weighted by Gasteiger charge is 2.44. The van der Waals surface area contributed by atoms with Crippen LogP contribution in [0.1, 0.15) is 56.7 Å². The number of hydrogen-bond acceptors (Lipinski definition) is 1. The maximum atomic E-state index is 11.4. The molecule has 0 amide bonds. The lowest BCUT2D eigenvalue weighted by atomic mass is 9.63. The van der Waals surface area contributed by atoms with Crippen molar-refractivity contribution in [3.8, 4) is 0 Å². The van der Waals surface area contributed by atoms with Gasteiger partial charge in [-0.15, -0.1) is 0 Å². The van der Waals surface area contributed by atoms with E-state index in [9.17, 15) is 5.11 Å². The molecule has 1 aliphatic carbocycles. The van der Waals surface area contributed by atoms with E-state index in [-0.39, 0.29) is 0 Å². The maximum absolute atomic E-state index is 11.4. The van der Waals surface area contributed by atoms with Crippen LogP contribution in [0.4, 0.5) is 0 Å². The standard InChI is InChI=1S/C18H28O/c1-12(2)16-8-7-14(4)11-18(16,19)17-9-6-13(3)10-15(17)5/h6,9-10,12,14,16,19H,7-8,11H2,1-5H3. The summed E-state index contributed by atoms with van der Waals surface area (Å²) in [4.78, 5) is 0. The van der Waals surface area contributed by atoms with E-state index in [4.69, 9.17) is 0 Å². The number of benzene rings is 1. The summed E-state index contributed by atoms with van der Waals surface area (Å²) in [6.45, 7) is 11.0. The molecule has 0 bridgehead atoms. The van der Waals surface area contributed by atoms with Gasteiger partial charge in [-0.25, -0.2) is 0 Å². The molecule has 0 heterocycles. The van der Waals surface area contributed by atoms with Crippen molar-refractivity contribution in [2.75, 3.05) is 0 Å².